The molecule has 0 spiro atoms. The zero-order valence-corrected chi connectivity index (χ0v) is 18.4. The van der Waals surface area contributed by atoms with Crippen molar-refractivity contribution >= 4 is 22.2 Å². The maximum Gasteiger partial charge on any atom is 0.326 e. The van der Waals surface area contributed by atoms with Crippen LogP contribution in [0.1, 0.15) is 43.7 Å². The second-order valence-corrected chi connectivity index (χ2v) is 8.53. The van der Waals surface area contributed by atoms with Gasteiger partial charge in [0.1, 0.15) is 0 Å². The van der Waals surface area contributed by atoms with E-state index in [1.807, 2.05) is 0 Å². The van der Waals surface area contributed by atoms with Crippen molar-refractivity contribution in [2.45, 2.75) is 39.0 Å². The van der Waals surface area contributed by atoms with Crippen molar-refractivity contribution in [1.82, 2.24) is 0 Å². The molecule has 6 nitrogen and oxygen atoms in total. The number of piperidine rings is 1. The van der Waals surface area contributed by atoms with E-state index < -0.39 is 23.0 Å². The standard InChI is InChI=1S/C21H27N.C2H3NO4S/c1-17(2)16-18-8-10-21(11-9-18)22-14-12-20(13-15-22)19-6-4-3-5-7-19;4-2(5)1-3-8(6)7/h3-11,17,20H,12-16H2,1-2H3;1H2,(H,4,5). The highest BCUT2D eigenvalue weighted by molar-refractivity contribution is 7.61. The number of nitrogens with zero attached hydrogens (tertiary/aromatic N) is 2. The number of rotatable bonds is 6. The summed E-state index contributed by atoms with van der Waals surface area (Å²) in [6.07, 6.45) is 3.70. The van der Waals surface area contributed by atoms with Gasteiger partial charge in [-0.25, -0.2) is 0 Å². The lowest BCUT2D eigenvalue weighted by molar-refractivity contribution is -0.135. The van der Waals surface area contributed by atoms with Crippen molar-refractivity contribution in [3.63, 3.8) is 0 Å². The van der Waals surface area contributed by atoms with E-state index in [1.165, 1.54) is 49.2 Å². The Kier molecular flexibility index (Phi) is 9.54. The van der Waals surface area contributed by atoms with Gasteiger partial charge in [0.25, 0.3) is 0 Å². The Labute approximate surface area is 180 Å². The zero-order chi connectivity index (χ0) is 21.9. The molecule has 1 N–H and O–H groups in total. The molecule has 0 radical (unpaired) electrons. The van der Waals surface area contributed by atoms with Crippen molar-refractivity contribution in [1.29, 1.82) is 0 Å². The van der Waals surface area contributed by atoms with Crippen LogP contribution in [0.2, 0.25) is 0 Å². The van der Waals surface area contributed by atoms with Gasteiger partial charge >= 0.3 is 16.5 Å². The van der Waals surface area contributed by atoms with Crippen LogP contribution in [-0.2, 0) is 21.7 Å². The number of anilines is 1. The number of aliphatic carboxylic acids is 1. The number of hydrogen-bond acceptors (Lipinski definition) is 5. The molecule has 162 valence electrons. The molecule has 1 aliphatic heterocycles. The maximum atomic E-state index is 9.54. The second-order valence-electron chi connectivity index (χ2n) is 7.83. The molecule has 30 heavy (non-hydrogen) atoms. The number of benzene rings is 2. The molecule has 0 aliphatic carbocycles. The van der Waals surface area contributed by atoms with Gasteiger partial charge in [0, 0.05) is 18.8 Å². The van der Waals surface area contributed by atoms with Gasteiger partial charge in [0.2, 0.25) is 0 Å². The normalized spacial score (nSPS) is 14.0. The first-order valence-electron chi connectivity index (χ1n) is 10.2. The van der Waals surface area contributed by atoms with Crippen LogP contribution in [0.15, 0.2) is 59.0 Å². The first-order chi connectivity index (χ1) is 14.3. The summed E-state index contributed by atoms with van der Waals surface area (Å²) in [5.41, 5.74) is 4.35. The Hall–Kier alpha value is -2.67. The Morgan fingerprint density at radius 2 is 1.67 bits per heavy atom. The van der Waals surface area contributed by atoms with E-state index in [0.717, 1.165) is 11.8 Å². The minimum absolute atomic E-state index is 0.684. The maximum absolute atomic E-state index is 9.54. The number of carbonyl (C=O) groups is 1. The first kappa shape index (κ1) is 23.6. The third kappa shape index (κ3) is 8.37. The molecule has 1 fully saturated rings. The highest BCUT2D eigenvalue weighted by Gasteiger charge is 2.20. The molecule has 0 amide bonds. The Morgan fingerprint density at radius 1 is 1.07 bits per heavy atom. The molecule has 1 aliphatic rings. The second kappa shape index (κ2) is 12.1. The van der Waals surface area contributed by atoms with Crippen molar-refractivity contribution in [2.75, 3.05) is 24.5 Å². The van der Waals surface area contributed by atoms with Gasteiger partial charge in [-0.15, -0.1) is 0 Å². The predicted octanol–water partition coefficient (Wildman–Crippen LogP) is 4.40. The van der Waals surface area contributed by atoms with E-state index in [1.54, 1.807) is 0 Å². The lowest BCUT2D eigenvalue weighted by atomic mass is 9.89. The lowest BCUT2D eigenvalue weighted by Crippen LogP contribution is -2.32. The number of carboxylic acids is 1. The van der Waals surface area contributed by atoms with E-state index in [9.17, 15) is 13.2 Å². The van der Waals surface area contributed by atoms with Crippen LogP contribution in [0.3, 0.4) is 0 Å². The topological polar surface area (TPSA) is 87.0 Å². The van der Waals surface area contributed by atoms with Crippen LogP contribution in [0.25, 0.3) is 0 Å². The molecular formula is C23H30N2O4S. The molecule has 3 rings (SSSR count). The summed E-state index contributed by atoms with van der Waals surface area (Å²) < 4.78 is 21.6. The van der Waals surface area contributed by atoms with E-state index in [2.05, 4.69) is 77.7 Å². The quantitative estimate of drug-likeness (QED) is 0.734. The van der Waals surface area contributed by atoms with Crippen molar-refractivity contribution in [2.24, 2.45) is 10.3 Å². The minimum Gasteiger partial charge on any atom is -0.480 e. The van der Waals surface area contributed by atoms with E-state index in [-0.39, 0.29) is 0 Å². The third-order valence-electron chi connectivity index (χ3n) is 5.02. The van der Waals surface area contributed by atoms with E-state index in [4.69, 9.17) is 5.11 Å². The van der Waals surface area contributed by atoms with Gasteiger partial charge in [0.05, 0.1) is 0 Å². The van der Waals surface area contributed by atoms with Crippen molar-refractivity contribution in [3.8, 4) is 0 Å². The van der Waals surface area contributed by atoms with Gasteiger partial charge in [-0.3, -0.25) is 4.79 Å². The van der Waals surface area contributed by atoms with Crippen LogP contribution < -0.4 is 4.90 Å². The average Bonchev–Trinajstić information content (AvgIpc) is 2.74. The Morgan fingerprint density at radius 3 is 2.13 bits per heavy atom. The average molecular weight is 431 g/mol. The monoisotopic (exact) mass is 430 g/mol. The fourth-order valence-corrected chi connectivity index (χ4v) is 3.83. The molecule has 0 aromatic heterocycles. The fraction of sp³-hybridized carbons (Fsp3) is 0.435. The fourth-order valence-electron chi connectivity index (χ4n) is 3.62. The molecular weight excluding hydrogens is 400 g/mol. The largest absolute Gasteiger partial charge is 0.480 e. The van der Waals surface area contributed by atoms with Gasteiger partial charge in [-0.1, -0.05) is 56.3 Å². The molecule has 1 saturated heterocycles. The van der Waals surface area contributed by atoms with Crippen LogP contribution in [-0.4, -0.2) is 39.1 Å². The Balaban J connectivity index is 0.000000343. The van der Waals surface area contributed by atoms with Gasteiger partial charge in [-0.2, -0.15) is 12.8 Å². The highest BCUT2D eigenvalue weighted by atomic mass is 32.2. The lowest BCUT2D eigenvalue weighted by Gasteiger charge is -2.34. The summed E-state index contributed by atoms with van der Waals surface area (Å²) in [5.74, 6) is 0.208. The zero-order valence-electron chi connectivity index (χ0n) is 17.6. The molecule has 0 saturated carbocycles. The summed E-state index contributed by atoms with van der Waals surface area (Å²) >= 11 is 0. The summed E-state index contributed by atoms with van der Waals surface area (Å²) in [6.45, 7) is 6.22. The van der Waals surface area contributed by atoms with Crippen molar-refractivity contribution < 1.29 is 18.3 Å². The summed E-state index contributed by atoms with van der Waals surface area (Å²) in [6, 6.07) is 20.2. The van der Waals surface area contributed by atoms with Crippen LogP contribution in [0.5, 0.6) is 0 Å². The molecule has 1 heterocycles. The third-order valence-corrected chi connectivity index (χ3v) is 5.36. The highest BCUT2D eigenvalue weighted by Crippen LogP contribution is 2.30. The number of carboxylic acid groups (broad SMARTS) is 1. The van der Waals surface area contributed by atoms with Crippen LogP contribution in [0, 0.1) is 5.92 Å². The summed E-state index contributed by atoms with van der Waals surface area (Å²) in [5, 5.41) is 7.80. The molecule has 0 bridgehead atoms. The molecule has 0 unspecified atom stereocenters. The SMILES string of the molecule is CC(C)Cc1ccc(N2CCC(c3ccccc3)CC2)cc1.O=C(O)CN=S(=O)=O. The molecule has 2 aromatic rings. The first-order valence-corrected chi connectivity index (χ1v) is 11.3. The van der Waals surface area contributed by atoms with Crippen LogP contribution in [0.4, 0.5) is 5.69 Å². The molecule has 2 aromatic carbocycles. The molecule has 7 heteroatoms. The van der Waals surface area contributed by atoms with Crippen LogP contribution >= 0.6 is 0 Å². The summed E-state index contributed by atoms with van der Waals surface area (Å²) in [7, 11) is -2.59. The summed E-state index contributed by atoms with van der Waals surface area (Å²) in [4.78, 5) is 12.1. The smallest absolute Gasteiger partial charge is 0.326 e. The number of hydrogen-bond donors (Lipinski definition) is 1. The predicted molar refractivity (Wildman–Crippen MR) is 119 cm³/mol. The van der Waals surface area contributed by atoms with Gasteiger partial charge in [0.15, 0.2) is 6.54 Å². The minimum atomic E-state index is -2.59. The van der Waals surface area contributed by atoms with Gasteiger partial charge < -0.3 is 10.0 Å². The van der Waals surface area contributed by atoms with E-state index in [0.29, 0.717) is 0 Å². The molecule has 0 atom stereocenters. The van der Waals surface area contributed by atoms with Gasteiger partial charge in [-0.05, 0) is 54.4 Å². The Bertz CT molecular complexity index is 909. The van der Waals surface area contributed by atoms with Crippen molar-refractivity contribution in [3.05, 3.63) is 65.7 Å². The van der Waals surface area contributed by atoms with E-state index >= 15 is 0 Å².